The Labute approximate surface area is 217 Å². The van der Waals surface area contributed by atoms with Crippen LogP contribution in [0.5, 0.6) is 0 Å². The van der Waals surface area contributed by atoms with Gasteiger partial charge < -0.3 is 28.4 Å². The fourth-order valence-electron chi connectivity index (χ4n) is 5.67. The molecule has 0 bridgehead atoms. The number of rotatable bonds is 7. The molecule has 0 saturated carbocycles. The Morgan fingerprint density at radius 3 is 2.81 bits per heavy atom. The summed E-state index contributed by atoms with van der Waals surface area (Å²) < 4.78 is 26.6. The fraction of sp³-hybridized carbons (Fsp3) is 0.731. The summed E-state index contributed by atoms with van der Waals surface area (Å²) in [5.74, 6) is -0.218. The third kappa shape index (κ3) is 5.55. The Bertz CT molecular complexity index is 1100. The van der Waals surface area contributed by atoms with E-state index in [-0.39, 0.29) is 30.5 Å². The second-order valence-corrected chi connectivity index (χ2v) is 12.0. The van der Waals surface area contributed by atoms with Crippen LogP contribution in [0.1, 0.15) is 66.5 Å². The minimum atomic E-state index is -0.680. The second-order valence-electron chi connectivity index (χ2n) is 11.6. The number of hydrogen-bond donors (Lipinski definition) is 0. The van der Waals surface area contributed by atoms with Crippen LogP contribution in [0.25, 0.3) is 11.0 Å². The molecule has 9 nitrogen and oxygen atoms in total. The zero-order chi connectivity index (χ0) is 25.7. The zero-order valence-corrected chi connectivity index (χ0v) is 22.5. The first-order valence-corrected chi connectivity index (χ1v) is 13.3. The van der Waals surface area contributed by atoms with E-state index in [2.05, 4.69) is 14.9 Å². The van der Waals surface area contributed by atoms with Crippen molar-refractivity contribution in [3.05, 3.63) is 23.7 Å². The molecule has 5 rings (SSSR count). The van der Waals surface area contributed by atoms with Gasteiger partial charge in [0.1, 0.15) is 41.0 Å². The Balaban J connectivity index is 1.20. The van der Waals surface area contributed by atoms with Crippen molar-refractivity contribution in [3.8, 4) is 0 Å². The van der Waals surface area contributed by atoms with Crippen LogP contribution in [0.3, 0.4) is 0 Å². The molecule has 36 heavy (non-hydrogen) atoms. The number of likely N-dealkylation sites (tertiary alicyclic amines) is 1. The Kier molecular flexibility index (Phi) is 7.06. The van der Waals surface area contributed by atoms with Gasteiger partial charge in [-0.3, -0.25) is 4.79 Å². The van der Waals surface area contributed by atoms with Crippen LogP contribution >= 0.6 is 11.6 Å². The first kappa shape index (κ1) is 25.9. The van der Waals surface area contributed by atoms with Crippen molar-refractivity contribution in [1.82, 2.24) is 19.4 Å². The van der Waals surface area contributed by atoms with Crippen molar-refractivity contribution in [3.63, 3.8) is 0 Å². The molecule has 1 unspecified atom stereocenters. The average molecular weight is 521 g/mol. The highest BCUT2D eigenvalue weighted by Gasteiger charge is 2.56. The Morgan fingerprint density at radius 1 is 1.25 bits per heavy atom. The lowest BCUT2D eigenvalue weighted by atomic mass is 10.0. The van der Waals surface area contributed by atoms with Gasteiger partial charge in [-0.15, -0.1) is 0 Å². The summed E-state index contributed by atoms with van der Waals surface area (Å²) in [4.78, 5) is 23.0. The normalized spacial score (nSPS) is 30.2. The number of carbonyl (C=O) groups is 1. The van der Waals surface area contributed by atoms with Crippen LogP contribution in [0.4, 0.5) is 0 Å². The number of ether oxygens (including phenoxy) is 4. The number of hydrogen-bond acceptors (Lipinski definition) is 8. The van der Waals surface area contributed by atoms with Gasteiger partial charge in [0.2, 0.25) is 0 Å². The molecule has 3 aliphatic rings. The van der Waals surface area contributed by atoms with E-state index < -0.39 is 11.4 Å². The summed E-state index contributed by atoms with van der Waals surface area (Å²) in [5.41, 5.74) is 0.296. The third-order valence-electron chi connectivity index (χ3n) is 7.08. The summed E-state index contributed by atoms with van der Waals surface area (Å²) in [7, 11) is 0. The smallest absolute Gasteiger partial charge is 0.306 e. The summed E-state index contributed by atoms with van der Waals surface area (Å²) in [6, 6.07) is 1.91. The molecule has 0 spiro atoms. The lowest BCUT2D eigenvalue weighted by molar-refractivity contribution is -0.197. The van der Waals surface area contributed by atoms with E-state index in [9.17, 15) is 4.79 Å². The molecule has 3 aliphatic heterocycles. The molecular weight excluding hydrogens is 484 g/mol. The molecule has 198 valence electrons. The van der Waals surface area contributed by atoms with Gasteiger partial charge in [-0.25, -0.2) is 9.97 Å². The Morgan fingerprint density at radius 2 is 2.03 bits per heavy atom. The highest BCUT2D eigenvalue weighted by Crippen LogP contribution is 2.44. The molecule has 10 heteroatoms. The van der Waals surface area contributed by atoms with Gasteiger partial charge in [0, 0.05) is 25.7 Å². The van der Waals surface area contributed by atoms with Crippen LogP contribution in [0, 0.1) is 5.92 Å². The molecule has 5 atom stereocenters. The van der Waals surface area contributed by atoms with Gasteiger partial charge in [0.25, 0.3) is 0 Å². The van der Waals surface area contributed by atoms with E-state index in [1.165, 1.54) is 6.33 Å². The maximum atomic E-state index is 12.0. The lowest BCUT2D eigenvalue weighted by Gasteiger charge is -2.27. The van der Waals surface area contributed by atoms with Gasteiger partial charge in [-0.05, 0) is 72.4 Å². The quantitative estimate of drug-likeness (QED) is 0.393. The minimum Gasteiger partial charge on any atom is -0.460 e. The van der Waals surface area contributed by atoms with Crippen molar-refractivity contribution in [2.45, 2.75) is 96.2 Å². The summed E-state index contributed by atoms with van der Waals surface area (Å²) in [6.45, 7) is 12.4. The average Bonchev–Trinajstić information content (AvgIpc) is 3.52. The zero-order valence-electron chi connectivity index (χ0n) is 21.8. The van der Waals surface area contributed by atoms with Crippen LogP contribution < -0.4 is 0 Å². The molecule has 2 aromatic rings. The van der Waals surface area contributed by atoms with E-state index >= 15 is 0 Å². The molecule has 0 N–H and O–H groups in total. The van der Waals surface area contributed by atoms with E-state index in [1.807, 2.05) is 51.4 Å². The molecule has 2 aromatic heterocycles. The van der Waals surface area contributed by atoms with Crippen molar-refractivity contribution in [2.75, 3.05) is 19.6 Å². The number of nitrogens with zero attached hydrogens (tertiary/aromatic N) is 4. The Hall–Kier alpha value is -1.78. The second kappa shape index (κ2) is 9.83. The standard InChI is InChI=1S/C26H37ClN4O5/c1-25(2,3)34-19(32)8-6-7-16-9-11-30(13-16)14-18-20-21(36-26(4,5)35-20)24(33-18)31-12-10-17-22(27)28-15-29-23(17)31/h10,12,15-16,18,20-21,24H,6-9,11,13-14H2,1-5H3/t16?,18-,20-,21-,24-/m1/s1. The topological polar surface area (TPSA) is 87.9 Å². The van der Waals surface area contributed by atoms with Crippen molar-refractivity contribution in [2.24, 2.45) is 5.92 Å². The predicted molar refractivity (Wildman–Crippen MR) is 135 cm³/mol. The van der Waals surface area contributed by atoms with Gasteiger partial charge in [-0.1, -0.05) is 11.6 Å². The van der Waals surface area contributed by atoms with Crippen LogP contribution in [0.2, 0.25) is 5.15 Å². The molecule has 0 aliphatic carbocycles. The van der Waals surface area contributed by atoms with E-state index in [1.54, 1.807) is 0 Å². The lowest BCUT2D eigenvalue weighted by Crippen LogP contribution is -2.39. The SMILES string of the molecule is CC(C)(C)OC(=O)CCCC1CCN(C[C@H]2O[C@@H](n3ccc4c(Cl)ncnc43)[C@@H]3OC(C)(C)O[C@@H]32)C1. The van der Waals surface area contributed by atoms with Gasteiger partial charge >= 0.3 is 5.97 Å². The first-order valence-electron chi connectivity index (χ1n) is 12.9. The number of carbonyl (C=O) groups excluding carboxylic acids is 1. The number of aromatic nitrogens is 3. The number of fused-ring (bicyclic) bond motifs is 2. The van der Waals surface area contributed by atoms with E-state index in [4.69, 9.17) is 30.5 Å². The molecule has 5 heterocycles. The largest absolute Gasteiger partial charge is 0.460 e. The van der Waals surface area contributed by atoms with Crippen molar-refractivity contribution < 1.29 is 23.7 Å². The van der Waals surface area contributed by atoms with Gasteiger partial charge in [-0.2, -0.15) is 0 Å². The summed E-state index contributed by atoms with van der Waals surface area (Å²) >= 11 is 6.28. The molecule has 0 radical (unpaired) electrons. The molecule has 3 fully saturated rings. The monoisotopic (exact) mass is 520 g/mol. The maximum Gasteiger partial charge on any atom is 0.306 e. The van der Waals surface area contributed by atoms with Crippen molar-refractivity contribution >= 4 is 28.6 Å². The summed E-state index contributed by atoms with van der Waals surface area (Å²) in [6.07, 6.45) is 5.97. The first-order chi connectivity index (χ1) is 17.0. The highest BCUT2D eigenvalue weighted by atomic mass is 35.5. The van der Waals surface area contributed by atoms with Gasteiger partial charge in [0.15, 0.2) is 12.0 Å². The minimum absolute atomic E-state index is 0.112. The molecule has 0 amide bonds. The van der Waals surface area contributed by atoms with Gasteiger partial charge in [0.05, 0.1) is 5.39 Å². The summed E-state index contributed by atoms with van der Waals surface area (Å²) in [5, 5.41) is 1.21. The number of esters is 1. The van der Waals surface area contributed by atoms with Crippen molar-refractivity contribution in [1.29, 1.82) is 0 Å². The molecule has 0 aromatic carbocycles. The van der Waals surface area contributed by atoms with Crippen LogP contribution in [0.15, 0.2) is 18.6 Å². The number of halogens is 1. The third-order valence-corrected chi connectivity index (χ3v) is 7.38. The van der Waals surface area contributed by atoms with Crippen LogP contribution in [-0.2, 0) is 23.7 Å². The predicted octanol–water partition coefficient (Wildman–Crippen LogP) is 4.34. The molecular formula is C26H37ClN4O5. The van der Waals surface area contributed by atoms with Crippen LogP contribution in [-0.4, -0.2) is 74.7 Å². The van der Waals surface area contributed by atoms with E-state index in [0.29, 0.717) is 17.5 Å². The fourth-order valence-corrected chi connectivity index (χ4v) is 5.86. The maximum absolute atomic E-state index is 12.0. The molecule has 3 saturated heterocycles. The highest BCUT2D eigenvalue weighted by molar-refractivity contribution is 6.33. The van der Waals surface area contributed by atoms with E-state index in [0.717, 1.165) is 49.9 Å².